The fraction of sp³-hybridized carbons (Fsp3) is 0.304. The standard InChI is InChI=1S/C12H14N2O4.C11H12N2O4/c1-2-8-17-11(15)13-14-12(16)18-9-10-6-4-3-5-7-10;1-2-16-10(14)12-13-11(15)17-8-9-6-4-3-5-7-9/h3-7H,2,8-9H2,1H3;3-7H,2,8H2,1H3. The van der Waals surface area contributed by atoms with Crippen molar-refractivity contribution in [2.75, 3.05) is 13.2 Å². The fourth-order valence-electron chi connectivity index (χ4n) is 2.03. The van der Waals surface area contributed by atoms with Crippen LogP contribution in [0.25, 0.3) is 0 Å². The highest BCUT2D eigenvalue weighted by atomic mass is 16.6. The highest BCUT2D eigenvalue weighted by molar-refractivity contribution is 5.73. The van der Waals surface area contributed by atoms with Gasteiger partial charge in [0.25, 0.3) is 0 Å². The van der Waals surface area contributed by atoms with Crippen molar-refractivity contribution in [1.82, 2.24) is 0 Å². The highest BCUT2D eigenvalue weighted by Gasteiger charge is 2.04. The van der Waals surface area contributed by atoms with Crippen molar-refractivity contribution in [3.05, 3.63) is 71.8 Å². The molecular formula is C23H26N4O8. The number of ether oxygens (including phenoxy) is 4. The van der Waals surface area contributed by atoms with Crippen molar-refractivity contribution < 1.29 is 38.1 Å². The second-order valence-corrected chi connectivity index (χ2v) is 6.29. The number of azo groups is 2. The SMILES string of the molecule is CCCOC(=O)N=NC(=O)OCc1ccccc1.CCOC(=O)N=NC(=O)OCc1ccccc1. The molecule has 0 heterocycles. The number of hydrogen-bond donors (Lipinski definition) is 0. The Bertz CT molecular complexity index is 982. The van der Waals surface area contributed by atoms with Crippen molar-refractivity contribution in [2.45, 2.75) is 33.5 Å². The molecule has 2 aromatic carbocycles. The minimum atomic E-state index is -0.929. The van der Waals surface area contributed by atoms with Crippen LogP contribution in [-0.2, 0) is 32.2 Å². The number of nitrogens with zero attached hydrogens (tertiary/aromatic N) is 4. The van der Waals surface area contributed by atoms with Gasteiger partial charge in [0, 0.05) is 0 Å². The first-order valence-corrected chi connectivity index (χ1v) is 10.5. The van der Waals surface area contributed by atoms with Crippen molar-refractivity contribution in [2.24, 2.45) is 20.5 Å². The summed E-state index contributed by atoms with van der Waals surface area (Å²) in [6.07, 6.45) is -2.98. The van der Waals surface area contributed by atoms with Crippen molar-refractivity contribution in [1.29, 1.82) is 0 Å². The molecule has 0 aliphatic heterocycles. The second kappa shape index (κ2) is 18.0. The van der Waals surface area contributed by atoms with Crippen LogP contribution in [0.4, 0.5) is 19.2 Å². The predicted octanol–water partition coefficient (Wildman–Crippen LogP) is 6.25. The lowest BCUT2D eigenvalue weighted by Crippen LogP contribution is -2.02. The smallest absolute Gasteiger partial charge is 0.447 e. The molecule has 35 heavy (non-hydrogen) atoms. The van der Waals surface area contributed by atoms with Gasteiger partial charge in [0.2, 0.25) is 0 Å². The third kappa shape index (κ3) is 15.1. The third-order valence-electron chi connectivity index (χ3n) is 3.53. The topological polar surface area (TPSA) is 155 Å². The van der Waals surface area contributed by atoms with E-state index in [-0.39, 0.29) is 26.4 Å². The maximum atomic E-state index is 11.1. The van der Waals surface area contributed by atoms with E-state index in [9.17, 15) is 19.2 Å². The van der Waals surface area contributed by atoms with E-state index in [4.69, 9.17) is 9.47 Å². The summed E-state index contributed by atoms with van der Waals surface area (Å²) in [5, 5.41) is 12.2. The number of amides is 4. The number of carbonyl (C=O) groups is 4. The monoisotopic (exact) mass is 486 g/mol. The van der Waals surface area contributed by atoms with Crippen LogP contribution in [0.5, 0.6) is 0 Å². The fourth-order valence-corrected chi connectivity index (χ4v) is 2.03. The molecule has 12 heteroatoms. The average molecular weight is 486 g/mol. The van der Waals surface area contributed by atoms with E-state index in [1.165, 1.54) is 0 Å². The van der Waals surface area contributed by atoms with E-state index >= 15 is 0 Å². The summed E-state index contributed by atoms with van der Waals surface area (Å²) in [5.41, 5.74) is 1.65. The van der Waals surface area contributed by atoms with Gasteiger partial charge in [0.05, 0.1) is 13.2 Å². The van der Waals surface area contributed by atoms with Crippen LogP contribution in [0.2, 0.25) is 0 Å². The summed E-state index contributed by atoms with van der Waals surface area (Å²) in [6, 6.07) is 18.2. The Hall–Kier alpha value is -4.48. The van der Waals surface area contributed by atoms with E-state index < -0.39 is 24.4 Å². The van der Waals surface area contributed by atoms with Crippen LogP contribution >= 0.6 is 0 Å². The maximum absolute atomic E-state index is 11.1. The van der Waals surface area contributed by atoms with Gasteiger partial charge >= 0.3 is 24.4 Å². The van der Waals surface area contributed by atoms with Crippen LogP contribution in [-0.4, -0.2) is 37.6 Å². The number of carbonyl (C=O) groups excluding carboxylic acids is 4. The molecule has 0 unspecified atom stereocenters. The molecule has 0 aromatic heterocycles. The number of rotatable bonds is 7. The van der Waals surface area contributed by atoms with Gasteiger partial charge in [-0.1, -0.05) is 88.0 Å². The first kappa shape index (κ1) is 28.6. The Labute approximate surface area is 202 Å². The quantitative estimate of drug-likeness (QED) is 0.328. The molecule has 0 aliphatic carbocycles. The molecule has 0 saturated carbocycles. The summed E-state index contributed by atoms with van der Waals surface area (Å²) in [5.74, 6) is 0. The Kier molecular flexibility index (Phi) is 14.7. The Morgan fingerprint density at radius 2 is 0.943 bits per heavy atom. The van der Waals surface area contributed by atoms with Crippen LogP contribution in [0.15, 0.2) is 81.1 Å². The molecule has 186 valence electrons. The molecule has 12 nitrogen and oxygen atoms in total. The normalized spacial score (nSPS) is 10.2. The van der Waals surface area contributed by atoms with Crippen LogP contribution in [0.1, 0.15) is 31.4 Å². The van der Waals surface area contributed by atoms with E-state index in [1.54, 1.807) is 31.2 Å². The molecule has 0 atom stereocenters. The summed E-state index contributed by atoms with van der Waals surface area (Å²) in [6.45, 7) is 4.07. The Balaban J connectivity index is 0.000000351. The molecule has 0 N–H and O–H groups in total. The second-order valence-electron chi connectivity index (χ2n) is 6.29. The molecule has 0 saturated heterocycles. The molecule has 0 radical (unpaired) electrons. The lowest BCUT2D eigenvalue weighted by molar-refractivity contribution is 0.142. The molecule has 2 rings (SSSR count). The zero-order chi connectivity index (χ0) is 25.7. The van der Waals surface area contributed by atoms with E-state index in [0.717, 1.165) is 11.1 Å². The minimum Gasteiger partial charge on any atom is -0.447 e. The largest absolute Gasteiger partial charge is 0.452 e. The van der Waals surface area contributed by atoms with Gasteiger partial charge in [-0.15, -0.1) is 0 Å². The van der Waals surface area contributed by atoms with Gasteiger partial charge in [-0.25, -0.2) is 19.2 Å². The first-order chi connectivity index (χ1) is 16.9. The molecule has 0 bridgehead atoms. The first-order valence-electron chi connectivity index (χ1n) is 10.5. The zero-order valence-corrected chi connectivity index (χ0v) is 19.4. The number of benzene rings is 2. The Morgan fingerprint density at radius 1 is 0.571 bits per heavy atom. The van der Waals surface area contributed by atoms with Gasteiger partial charge in [0.15, 0.2) is 0 Å². The molecule has 4 amide bonds. The van der Waals surface area contributed by atoms with Crippen molar-refractivity contribution >= 4 is 24.4 Å². The molecular weight excluding hydrogens is 460 g/mol. The molecule has 0 aliphatic rings. The lowest BCUT2D eigenvalue weighted by Gasteiger charge is -2.00. The van der Waals surface area contributed by atoms with E-state index in [1.807, 2.05) is 43.3 Å². The summed E-state index contributed by atoms with van der Waals surface area (Å²) >= 11 is 0. The highest BCUT2D eigenvalue weighted by Crippen LogP contribution is 2.03. The molecule has 0 fully saturated rings. The summed E-state index contributed by atoms with van der Waals surface area (Å²) < 4.78 is 18.6. The van der Waals surface area contributed by atoms with E-state index in [2.05, 4.69) is 29.9 Å². The van der Waals surface area contributed by atoms with Gasteiger partial charge in [0.1, 0.15) is 13.2 Å². The van der Waals surface area contributed by atoms with Gasteiger partial charge in [-0.2, -0.15) is 0 Å². The van der Waals surface area contributed by atoms with Crippen LogP contribution < -0.4 is 0 Å². The van der Waals surface area contributed by atoms with Crippen molar-refractivity contribution in [3.63, 3.8) is 0 Å². The minimum absolute atomic E-state index is 0.0848. The average Bonchev–Trinajstić information content (AvgIpc) is 2.89. The molecule has 2 aromatic rings. The lowest BCUT2D eigenvalue weighted by atomic mass is 10.2. The van der Waals surface area contributed by atoms with Gasteiger partial charge in [-0.05, 0) is 24.5 Å². The van der Waals surface area contributed by atoms with Crippen molar-refractivity contribution in [3.8, 4) is 0 Å². The third-order valence-corrected chi connectivity index (χ3v) is 3.53. The van der Waals surface area contributed by atoms with E-state index in [0.29, 0.717) is 6.42 Å². The van der Waals surface area contributed by atoms with Gasteiger partial charge in [-0.3, -0.25) is 0 Å². The summed E-state index contributed by atoms with van der Waals surface area (Å²) in [4.78, 5) is 43.8. The zero-order valence-electron chi connectivity index (χ0n) is 19.4. The summed E-state index contributed by atoms with van der Waals surface area (Å²) in [7, 11) is 0. The van der Waals surface area contributed by atoms with Crippen LogP contribution in [0.3, 0.4) is 0 Å². The maximum Gasteiger partial charge on any atom is 0.452 e. The van der Waals surface area contributed by atoms with Gasteiger partial charge < -0.3 is 18.9 Å². The number of hydrogen-bond acceptors (Lipinski definition) is 8. The molecule has 0 spiro atoms. The Morgan fingerprint density at radius 3 is 1.31 bits per heavy atom. The predicted molar refractivity (Wildman–Crippen MR) is 122 cm³/mol. The van der Waals surface area contributed by atoms with Crippen LogP contribution in [0, 0.1) is 0 Å².